The van der Waals surface area contributed by atoms with Crippen molar-refractivity contribution in [1.29, 1.82) is 0 Å². The molecular weight excluding hydrogens is 294 g/mol. The van der Waals surface area contributed by atoms with E-state index in [-0.39, 0.29) is 23.5 Å². The van der Waals surface area contributed by atoms with Crippen LogP contribution in [0, 0.1) is 5.41 Å². The molecule has 0 saturated heterocycles. The molecule has 0 radical (unpaired) electrons. The summed E-state index contributed by atoms with van der Waals surface area (Å²) in [5, 5.41) is 9.20. The van der Waals surface area contributed by atoms with Crippen LogP contribution in [0.5, 0.6) is 5.75 Å². The van der Waals surface area contributed by atoms with Crippen molar-refractivity contribution in [3.63, 3.8) is 0 Å². The van der Waals surface area contributed by atoms with Crippen molar-refractivity contribution in [3.8, 4) is 5.75 Å². The highest BCUT2D eigenvalue weighted by Crippen LogP contribution is 2.44. The Hall–Kier alpha value is -1.15. The first-order valence-electron chi connectivity index (χ1n) is 6.84. The molecule has 1 aromatic carbocycles. The monoisotopic (exact) mass is 315 g/mol. The van der Waals surface area contributed by atoms with Gasteiger partial charge in [-0.15, -0.1) is 0 Å². The molecular formula is C14H21NO5S. The Kier molecular flexibility index (Phi) is 5.21. The fourth-order valence-corrected chi connectivity index (χ4v) is 3.01. The largest absolute Gasteiger partial charge is 0.491 e. The number of hydrogen-bond donors (Lipinski definition) is 2. The molecule has 1 saturated carbocycles. The van der Waals surface area contributed by atoms with Gasteiger partial charge in [0, 0.05) is 25.7 Å². The predicted molar refractivity (Wildman–Crippen MR) is 77.8 cm³/mol. The summed E-state index contributed by atoms with van der Waals surface area (Å²) in [6.07, 6.45) is 1.72. The molecule has 0 amide bonds. The number of aliphatic hydroxyl groups is 1. The van der Waals surface area contributed by atoms with Crippen LogP contribution in [0.25, 0.3) is 0 Å². The van der Waals surface area contributed by atoms with Crippen LogP contribution in [-0.2, 0) is 14.8 Å². The highest BCUT2D eigenvalue weighted by molar-refractivity contribution is 7.89. The van der Waals surface area contributed by atoms with Crippen LogP contribution in [0.1, 0.15) is 12.8 Å². The fraction of sp³-hybridized carbons (Fsp3) is 0.571. The number of sulfonamides is 1. The summed E-state index contributed by atoms with van der Waals surface area (Å²) in [5.41, 5.74) is -0.254. The van der Waals surface area contributed by atoms with Crippen LogP contribution in [-0.4, -0.2) is 47.0 Å². The molecule has 6 nitrogen and oxygen atoms in total. The molecule has 0 atom stereocenters. The number of rotatable bonds is 9. The van der Waals surface area contributed by atoms with Crippen molar-refractivity contribution < 1.29 is 23.0 Å². The van der Waals surface area contributed by atoms with Gasteiger partial charge in [0.2, 0.25) is 10.0 Å². The first kappa shape index (κ1) is 16.2. The minimum atomic E-state index is -3.55. The average molecular weight is 315 g/mol. The van der Waals surface area contributed by atoms with Crippen molar-refractivity contribution in [2.75, 3.05) is 33.5 Å². The molecule has 2 N–H and O–H groups in total. The molecule has 1 aromatic rings. The van der Waals surface area contributed by atoms with Crippen molar-refractivity contribution in [2.24, 2.45) is 5.41 Å². The molecule has 0 bridgehead atoms. The minimum Gasteiger partial charge on any atom is -0.491 e. The zero-order chi connectivity index (χ0) is 15.3. The van der Waals surface area contributed by atoms with Crippen molar-refractivity contribution in [3.05, 3.63) is 24.3 Å². The Morgan fingerprint density at radius 1 is 1.24 bits per heavy atom. The Morgan fingerprint density at radius 3 is 2.43 bits per heavy atom. The number of ether oxygens (including phenoxy) is 2. The van der Waals surface area contributed by atoms with Gasteiger partial charge in [-0.3, -0.25) is 0 Å². The number of methoxy groups -OCH3 is 1. The molecule has 118 valence electrons. The van der Waals surface area contributed by atoms with Gasteiger partial charge in [0.25, 0.3) is 0 Å². The lowest BCUT2D eigenvalue weighted by molar-refractivity contribution is 0.146. The summed E-state index contributed by atoms with van der Waals surface area (Å²) in [6, 6.07) is 6.23. The van der Waals surface area contributed by atoms with E-state index in [4.69, 9.17) is 9.47 Å². The standard InChI is InChI=1S/C14H21NO5S/c1-19-8-9-20-12-2-4-13(5-3-12)21(17,18)15-10-14(11-16)6-7-14/h2-5,15-16H,6-11H2,1H3. The molecule has 21 heavy (non-hydrogen) atoms. The van der Waals surface area contributed by atoms with Crippen molar-refractivity contribution in [2.45, 2.75) is 17.7 Å². The number of hydrogen-bond acceptors (Lipinski definition) is 5. The first-order chi connectivity index (χ1) is 10.0. The summed E-state index contributed by atoms with van der Waals surface area (Å²) in [4.78, 5) is 0.190. The van der Waals surface area contributed by atoms with Gasteiger partial charge in [-0.2, -0.15) is 0 Å². The van der Waals surface area contributed by atoms with Gasteiger partial charge in [0.15, 0.2) is 0 Å². The Balaban J connectivity index is 1.93. The van der Waals surface area contributed by atoms with Gasteiger partial charge in [-0.1, -0.05) is 0 Å². The van der Waals surface area contributed by atoms with Gasteiger partial charge < -0.3 is 14.6 Å². The first-order valence-corrected chi connectivity index (χ1v) is 8.32. The van der Waals surface area contributed by atoms with Gasteiger partial charge in [0.05, 0.1) is 11.5 Å². The Bertz CT molecular complexity index is 551. The van der Waals surface area contributed by atoms with E-state index in [0.29, 0.717) is 19.0 Å². The molecule has 1 aliphatic rings. The maximum Gasteiger partial charge on any atom is 0.240 e. The van der Waals surface area contributed by atoms with Crippen LogP contribution in [0.4, 0.5) is 0 Å². The topological polar surface area (TPSA) is 84.9 Å². The van der Waals surface area contributed by atoms with Gasteiger partial charge in [-0.05, 0) is 37.1 Å². The van der Waals surface area contributed by atoms with Gasteiger partial charge >= 0.3 is 0 Å². The maximum atomic E-state index is 12.1. The third-order valence-corrected chi connectivity index (χ3v) is 5.04. The van der Waals surface area contributed by atoms with Crippen molar-refractivity contribution in [1.82, 2.24) is 4.72 Å². The van der Waals surface area contributed by atoms with Crippen LogP contribution in [0.3, 0.4) is 0 Å². The van der Waals surface area contributed by atoms with E-state index < -0.39 is 10.0 Å². The number of benzene rings is 1. The van der Waals surface area contributed by atoms with Crippen molar-refractivity contribution >= 4 is 10.0 Å². The quantitative estimate of drug-likeness (QED) is 0.657. The lowest BCUT2D eigenvalue weighted by Crippen LogP contribution is -2.31. The molecule has 7 heteroatoms. The second-order valence-corrected chi connectivity index (χ2v) is 7.06. The molecule has 0 aromatic heterocycles. The third-order valence-electron chi connectivity index (χ3n) is 3.62. The molecule has 1 aliphatic carbocycles. The van der Waals surface area contributed by atoms with E-state index in [2.05, 4.69) is 4.72 Å². The van der Waals surface area contributed by atoms with E-state index in [1.807, 2.05) is 0 Å². The number of aliphatic hydroxyl groups excluding tert-OH is 1. The van der Waals surface area contributed by atoms with Crippen LogP contribution < -0.4 is 9.46 Å². The summed E-state index contributed by atoms with van der Waals surface area (Å²) in [6.45, 7) is 1.18. The van der Waals surface area contributed by atoms with Crippen LogP contribution >= 0.6 is 0 Å². The fourth-order valence-electron chi connectivity index (χ4n) is 1.86. The SMILES string of the molecule is COCCOc1ccc(S(=O)(=O)NCC2(CO)CC2)cc1. The maximum absolute atomic E-state index is 12.1. The summed E-state index contributed by atoms with van der Waals surface area (Å²) in [5.74, 6) is 0.597. The van der Waals surface area contributed by atoms with E-state index in [1.54, 1.807) is 19.2 Å². The van der Waals surface area contributed by atoms with Gasteiger partial charge in [0.1, 0.15) is 12.4 Å². The van der Waals surface area contributed by atoms with E-state index in [9.17, 15) is 13.5 Å². The second-order valence-electron chi connectivity index (χ2n) is 5.30. The van der Waals surface area contributed by atoms with Crippen LogP contribution in [0.2, 0.25) is 0 Å². The van der Waals surface area contributed by atoms with Gasteiger partial charge in [-0.25, -0.2) is 13.1 Å². The highest BCUT2D eigenvalue weighted by Gasteiger charge is 2.42. The zero-order valence-corrected chi connectivity index (χ0v) is 12.9. The summed E-state index contributed by atoms with van der Waals surface area (Å²) < 4.78 is 37.1. The molecule has 0 spiro atoms. The Morgan fingerprint density at radius 2 is 1.90 bits per heavy atom. The minimum absolute atomic E-state index is 0.0157. The highest BCUT2D eigenvalue weighted by atomic mass is 32.2. The molecule has 0 heterocycles. The summed E-state index contributed by atoms with van der Waals surface area (Å²) in [7, 11) is -1.96. The predicted octanol–water partition coefficient (Wildman–Crippen LogP) is 0.763. The zero-order valence-electron chi connectivity index (χ0n) is 12.0. The molecule has 1 fully saturated rings. The van der Waals surface area contributed by atoms with E-state index in [0.717, 1.165) is 12.8 Å². The summed E-state index contributed by atoms with van der Waals surface area (Å²) >= 11 is 0. The second kappa shape index (κ2) is 6.74. The Labute approximate surface area is 125 Å². The number of nitrogens with one attached hydrogen (secondary N) is 1. The third kappa shape index (κ3) is 4.41. The normalized spacial score (nSPS) is 16.7. The molecule has 0 unspecified atom stereocenters. The lowest BCUT2D eigenvalue weighted by atomic mass is 10.1. The van der Waals surface area contributed by atoms with E-state index >= 15 is 0 Å². The lowest BCUT2D eigenvalue weighted by Gasteiger charge is -2.13. The average Bonchev–Trinajstić information content (AvgIpc) is 3.27. The van der Waals surface area contributed by atoms with E-state index in [1.165, 1.54) is 12.1 Å². The van der Waals surface area contributed by atoms with Crippen LogP contribution in [0.15, 0.2) is 29.2 Å². The molecule has 0 aliphatic heterocycles. The smallest absolute Gasteiger partial charge is 0.240 e. The molecule has 2 rings (SSSR count).